The Balaban J connectivity index is 0.890. The van der Waals surface area contributed by atoms with Crippen LogP contribution in [0.3, 0.4) is 0 Å². The van der Waals surface area contributed by atoms with Crippen molar-refractivity contribution in [2.24, 2.45) is 17.8 Å². The van der Waals surface area contributed by atoms with E-state index in [9.17, 15) is 9.90 Å². The summed E-state index contributed by atoms with van der Waals surface area (Å²) in [5.74, 6) is 3.14. The van der Waals surface area contributed by atoms with E-state index >= 15 is 0 Å². The van der Waals surface area contributed by atoms with Gasteiger partial charge in [-0.25, -0.2) is 9.78 Å². The number of hydrogen-bond donors (Lipinski definition) is 3. The van der Waals surface area contributed by atoms with E-state index in [1.54, 1.807) is 23.1 Å². The van der Waals surface area contributed by atoms with E-state index < -0.39 is 6.29 Å². The van der Waals surface area contributed by atoms with Crippen LogP contribution < -0.4 is 10.6 Å². The number of nitrogens with one attached hydrogen (secondary N) is 2. The highest BCUT2D eigenvalue weighted by Crippen LogP contribution is 2.55. The van der Waals surface area contributed by atoms with Crippen molar-refractivity contribution in [1.29, 1.82) is 0 Å². The highest BCUT2D eigenvalue weighted by atomic mass is 32.2. The molecule has 3 atom stereocenters. The molecule has 9 heteroatoms. The summed E-state index contributed by atoms with van der Waals surface area (Å²) in [4.78, 5) is 18.0. The van der Waals surface area contributed by atoms with Gasteiger partial charge in [0, 0.05) is 29.8 Å². The third kappa shape index (κ3) is 7.39. The summed E-state index contributed by atoms with van der Waals surface area (Å²) in [6.45, 7) is 0.489. The molecule has 1 saturated heterocycles. The predicted octanol–water partition coefficient (Wildman–Crippen LogP) is 9.56. The van der Waals surface area contributed by atoms with Gasteiger partial charge in [0.2, 0.25) is 0 Å². The van der Waals surface area contributed by atoms with Crippen molar-refractivity contribution < 1.29 is 19.4 Å². The third-order valence-corrected chi connectivity index (χ3v) is 13.9. The van der Waals surface area contributed by atoms with Gasteiger partial charge in [0.1, 0.15) is 0 Å². The Bertz CT molecular complexity index is 1980. The molecule has 0 spiro atoms. The van der Waals surface area contributed by atoms with E-state index in [2.05, 4.69) is 89.5 Å². The molecule has 10 rings (SSSR count). The zero-order valence-corrected chi connectivity index (χ0v) is 30.8. The Kier molecular flexibility index (Phi) is 9.56. The van der Waals surface area contributed by atoms with Gasteiger partial charge in [-0.1, -0.05) is 84.6 Å². The average molecular weight is 732 g/mol. The van der Waals surface area contributed by atoms with Gasteiger partial charge in [-0.3, -0.25) is 0 Å². The number of hydrogen-bond acceptors (Lipinski definition) is 7. The van der Waals surface area contributed by atoms with Crippen LogP contribution in [0.4, 0.5) is 4.79 Å². The number of nitrogens with zero attached hydrogens (tertiary/aromatic N) is 1. The second kappa shape index (κ2) is 14.6. The lowest BCUT2D eigenvalue weighted by Gasteiger charge is -2.56. The Morgan fingerprint density at radius 1 is 0.808 bits per heavy atom. The van der Waals surface area contributed by atoms with Crippen molar-refractivity contribution in [2.45, 2.75) is 86.5 Å². The van der Waals surface area contributed by atoms with Crippen LogP contribution in [0, 0.1) is 17.8 Å². The number of carbonyl (C=O) groups excluding carboxylic acids is 1. The number of fused-ring (bicyclic) bond motifs is 1. The molecule has 4 aromatic carbocycles. The molecule has 5 aromatic rings. The Labute approximate surface area is 313 Å². The summed E-state index contributed by atoms with van der Waals surface area (Å²) in [5.41, 5.74) is 7.15. The average Bonchev–Trinajstić information content (AvgIpc) is 3.59. The molecule has 7 nitrogen and oxygen atoms in total. The first-order valence-electron chi connectivity index (χ1n) is 18.7. The molecule has 52 heavy (non-hydrogen) atoms. The zero-order valence-electron chi connectivity index (χ0n) is 29.2. The minimum absolute atomic E-state index is 0.000533. The standard InChI is InChI=1S/C43H45N3O4S2/c47-25-27-11-13-32(14-12-27)38-20-36(26-51-42-45-37-9-1-2-10-39(37)52-42)49-40(50-38)35-8-4-7-34(19-35)33-6-3-5-28(18-33)24-44-41(48)46-43-21-29-15-30(22-43)17-31(16-29)23-43/h1-14,18-19,29-31,36,38,40,47H,15-17,20-26H2,(H2,44,46,48)/t29?,30?,31?,36-,38+,40+,43?/m1/s1. The van der Waals surface area contributed by atoms with Crippen LogP contribution in [0.5, 0.6) is 0 Å². The van der Waals surface area contributed by atoms with Crippen molar-refractivity contribution in [1.82, 2.24) is 15.6 Å². The minimum Gasteiger partial charge on any atom is -0.392 e. The molecule has 4 aliphatic carbocycles. The normalized spacial score (nSPS) is 27.9. The van der Waals surface area contributed by atoms with Crippen LogP contribution in [0.25, 0.3) is 21.3 Å². The number of urea groups is 1. The molecule has 268 valence electrons. The number of carbonyl (C=O) groups is 1. The van der Waals surface area contributed by atoms with E-state index in [-0.39, 0.29) is 30.4 Å². The van der Waals surface area contributed by atoms with Gasteiger partial charge in [0.15, 0.2) is 10.6 Å². The predicted molar refractivity (Wildman–Crippen MR) is 207 cm³/mol. The highest BCUT2D eigenvalue weighted by Gasteiger charge is 2.51. The van der Waals surface area contributed by atoms with Gasteiger partial charge >= 0.3 is 6.03 Å². The topological polar surface area (TPSA) is 92.7 Å². The van der Waals surface area contributed by atoms with E-state index in [4.69, 9.17) is 14.5 Å². The molecule has 1 aliphatic heterocycles. The number of amides is 2. The van der Waals surface area contributed by atoms with Crippen molar-refractivity contribution in [3.8, 4) is 11.1 Å². The second-order valence-electron chi connectivity index (χ2n) is 15.4. The lowest BCUT2D eigenvalue weighted by Crippen LogP contribution is -2.61. The first kappa shape index (κ1) is 34.1. The van der Waals surface area contributed by atoms with Gasteiger partial charge in [-0.05, 0) is 108 Å². The van der Waals surface area contributed by atoms with Crippen molar-refractivity contribution in [3.05, 3.63) is 119 Å². The smallest absolute Gasteiger partial charge is 0.315 e. The SMILES string of the molecule is O=C(NCc1cccc(-c2cccc([C@H]3O[C@@H](CSc4nc5ccccc5s4)C[C@@H](c4ccc(CO)cc4)O3)c2)c1)NC12CC3CC(CC(C3)C1)C2. The summed E-state index contributed by atoms with van der Waals surface area (Å²) in [5, 5.41) is 16.2. The maximum absolute atomic E-state index is 13.2. The van der Waals surface area contributed by atoms with Crippen LogP contribution in [0.15, 0.2) is 101 Å². The molecule has 1 aromatic heterocycles. The first-order chi connectivity index (χ1) is 25.5. The van der Waals surface area contributed by atoms with Crippen molar-refractivity contribution >= 4 is 39.3 Å². The van der Waals surface area contributed by atoms with E-state index in [1.807, 2.05) is 18.2 Å². The number of thiazole rings is 1. The van der Waals surface area contributed by atoms with Crippen LogP contribution in [-0.2, 0) is 22.6 Å². The number of thioether (sulfide) groups is 1. The Hall–Kier alpha value is -3.73. The Morgan fingerprint density at radius 2 is 1.54 bits per heavy atom. The maximum Gasteiger partial charge on any atom is 0.315 e. The summed E-state index contributed by atoms with van der Waals surface area (Å²) in [7, 11) is 0. The van der Waals surface area contributed by atoms with E-state index in [0.29, 0.717) is 6.54 Å². The minimum atomic E-state index is -0.546. The summed E-state index contributed by atoms with van der Waals surface area (Å²) in [6.07, 6.45) is 7.48. The van der Waals surface area contributed by atoms with Gasteiger partial charge in [-0.15, -0.1) is 11.3 Å². The summed E-state index contributed by atoms with van der Waals surface area (Å²) < 4.78 is 15.6. The van der Waals surface area contributed by atoms with Crippen LogP contribution in [0.2, 0.25) is 0 Å². The number of para-hydroxylation sites is 1. The number of ether oxygens (including phenoxy) is 2. The maximum atomic E-state index is 13.2. The molecular formula is C43H45N3O4S2. The summed E-state index contributed by atoms with van der Waals surface area (Å²) in [6, 6.07) is 33.1. The monoisotopic (exact) mass is 731 g/mol. The number of rotatable bonds is 10. The van der Waals surface area contributed by atoms with Gasteiger partial charge < -0.3 is 25.2 Å². The van der Waals surface area contributed by atoms with Crippen molar-refractivity contribution in [2.75, 3.05) is 5.75 Å². The number of benzene rings is 4. The first-order valence-corrected chi connectivity index (χ1v) is 20.5. The van der Waals surface area contributed by atoms with Crippen LogP contribution >= 0.6 is 23.1 Å². The van der Waals surface area contributed by atoms with Crippen molar-refractivity contribution in [3.63, 3.8) is 0 Å². The summed E-state index contributed by atoms with van der Waals surface area (Å²) >= 11 is 3.45. The lowest BCUT2D eigenvalue weighted by molar-refractivity contribution is -0.245. The molecule has 5 fully saturated rings. The number of aliphatic hydroxyl groups is 1. The molecule has 4 saturated carbocycles. The molecule has 5 aliphatic rings. The molecule has 0 unspecified atom stereocenters. The van der Waals surface area contributed by atoms with E-state index in [1.165, 1.54) is 24.0 Å². The molecule has 4 bridgehead atoms. The van der Waals surface area contributed by atoms with Crippen LogP contribution in [-0.4, -0.2) is 33.5 Å². The van der Waals surface area contributed by atoms with Gasteiger partial charge in [-0.2, -0.15) is 0 Å². The third-order valence-electron chi connectivity index (χ3n) is 11.6. The fourth-order valence-corrected chi connectivity index (χ4v) is 11.7. The molecule has 3 N–H and O–H groups in total. The second-order valence-corrected chi connectivity index (χ2v) is 17.7. The molecule has 2 amide bonds. The number of aromatic nitrogens is 1. The zero-order chi connectivity index (χ0) is 35.1. The van der Waals surface area contributed by atoms with Crippen LogP contribution in [0.1, 0.15) is 79.6 Å². The highest BCUT2D eigenvalue weighted by molar-refractivity contribution is 8.01. The largest absolute Gasteiger partial charge is 0.392 e. The number of aliphatic hydroxyl groups excluding tert-OH is 1. The molecule has 2 heterocycles. The molecular weight excluding hydrogens is 687 g/mol. The quantitative estimate of drug-likeness (QED) is 0.124. The van der Waals surface area contributed by atoms with Gasteiger partial charge in [0.25, 0.3) is 0 Å². The Morgan fingerprint density at radius 3 is 2.29 bits per heavy atom. The molecule has 0 radical (unpaired) electrons. The lowest BCUT2D eigenvalue weighted by atomic mass is 9.53. The fourth-order valence-electron chi connectivity index (χ4n) is 9.56. The fraction of sp³-hybridized carbons (Fsp3) is 0.395. The van der Waals surface area contributed by atoms with E-state index in [0.717, 1.165) is 92.4 Å². The van der Waals surface area contributed by atoms with Gasteiger partial charge in [0.05, 0.1) is 29.0 Å².